The molecule has 4 nitrogen and oxygen atoms in total. The van der Waals surface area contributed by atoms with E-state index in [-0.39, 0.29) is 0 Å². The van der Waals surface area contributed by atoms with E-state index >= 15 is 0 Å². The van der Waals surface area contributed by atoms with Gasteiger partial charge in [0.15, 0.2) is 0 Å². The predicted octanol–water partition coefficient (Wildman–Crippen LogP) is 3.50. The number of hydrogen-bond donors (Lipinski definition) is 1. The van der Waals surface area contributed by atoms with E-state index < -0.39 is 0 Å². The zero-order valence-corrected chi connectivity index (χ0v) is 13.8. The summed E-state index contributed by atoms with van der Waals surface area (Å²) in [6.45, 7) is 4.39. The van der Waals surface area contributed by atoms with Crippen LogP contribution >= 0.6 is 15.9 Å². The first kappa shape index (κ1) is 14.6. The lowest BCUT2D eigenvalue weighted by Gasteiger charge is -2.11. The highest BCUT2D eigenvalue weighted by Crippen LogP contribution is 2.25. The Labute approximate surface area is 133 Å². The maximum atomic E-state index is 5.88. The molecule has 0 amide bonds. The number of aromatic nitrogens is 2. The van der Waals surface area contributed by atoms with E-state index in [1.807, 2.05) is 24.5 Å². The third-order valence-corrected chi connectivity index (χ3v) is 4.46. The number of nitrogens with zero attached hydrogens (tertiary/aromatic N) is 2. The molecule has 1 aromatic carbocycles. The summed E-state index contributed by atoms with van der Waals surface area (Å²) in [6, 6.07) is 6.84. The van der Waals surface area contributed by atoms with Crippen molar-refractivity contribution in [2.24, 2.45) is 0 Å². The summed E-state index contributed by atoms with van der Waals surface area (Å²) in [6.07, 6.45) is 6.39. The standard InChI is InChI=1S/C16H20BrN3O/c1-2-20-8-7-18-16(20)11-21-14-5-6-15(17)12(9-14)10-19-13-3-4-13/h5-9,13,19H,2-4,10-11H2,1H3. The summed E-state index contributed by atoms with van der Waals surface area (Å²) in [5.41, 5.74) is 1.23. The van der Waals surface area contributed by atoms with Crippen LogP contribution in [0.15, 0.2) is 35.1 Å². The molecular weight excluding hydrogens is 330 g/mol. The van der Waals surface area contributed by atoms with Crippen LogP contribution in [0.2, 0.25) is 0 Å². The lowest BCUT2D eigenvalue weighted by atomic mass is 10.2. The van der Waals surface area contributed by atoms with E-state index in [1.54, 1.807) is 0 Å². The number of benzene rings is 1. The van der Waals surface area contributed by atoms with Crippen molar-refractivity contribution >= 4 is 15.9 Å². The molecule has 1 aliphatic rings. The van der Waals surface area contributed by atoms with Crippen LogP contribution in [-0.2, 0) is 19.7 Å². The molecule has 1 heterocycles. The van der Waals surface area contributed by atoms with Gasteiger partial charge in [-0.05, 0) is 43.5 Å². The molecule has 2 aromatic rings. The van der Waals surface area contributed by atoms with Crippen LogP contribution in [0.3, 0.4) is 0 Å². The number of halogens is 1. The molecule has 0 spiro atoms. The molecule has 1 fully saturated rings. The van der Waals surface area contributed by atoms with Crippen LogP contribution in [0.4, 0.5) is 0 Å². The Morgan fingerprint density at radius 1 is 1.43 bits per heavy atom. The lowest BCUT2D eigenvalue weighted by molar-refractivity contribution is 0.289. The van der Waals surface area contributed by atoms with E-state index in [0.29, 0.717) is 12.6 Å². The Balaban J connectivity index is 1.63. The topological polar surface area (TPSA) is 39.1 Å². The molecule has 0 unspecified atom stereocenters. The Morgan fingerprint density at radius 3 is 3.05 bits per heavy atom. The van der Waals surface area contributed by atoms with Crippen molar-refractivity contribution < 1.29 is 4.74 Å². The number of aryl methyl sites for hydroxylation is 1. The third-order valence-electron chi connectivity index (χ3n) is 3.69. The van der Waals surface area contributed by atoms with Crippen molar-refractivity contribution in [3.05, 3.63) is 46.5 Å². The van der Waals surface area contributed by atoms with Gasteiger partial charge in [-0.2, -0.15) is 0 Å². The minimum atomic E-state index is 0.498. The molecule has 1 aliphatic carbocycles. The average molecular weight is 350 g/mol. The van der Waals surface area contributed by atoms with Crippen LogP contribution in [0.25, 0.3) is 0 Å². The van der Waals surface area contributed by atoms with Gasteiger partial charge in [-0.1, -0.05) is 15.9 Å². The quantitative estimate of drug-likeness (QED) is 0.831. The second-order valence-corrected chi connectivity index (χ2v) is 6.18. The first-order valence-electron chi connectivity index (χ1n) is 7.41. The van der Waals surface area contributed by atoms with Crippen molar-refractivity contribution in [3.8, 4) is 5.75 Å². The Morgan fingerprint density at radius 2 is 2.29 bits per heavy atom. The SMILES string of the molecule is CCn1ccnc1COc1ccc(Br)c(CNC2CC2)c1. The molecule has 0 bridgehead atoms. The molecular formula is C16H20BrN3O. The predicted molar refractivity (Wildman–Crippen MR) is 86.2 cm³/mol. The maximum Gasteiger partial charge on any atom is 0.146 e. The highest BCUT2D eigenvalue weighted by atomic mass is 79.9. The summed E-state index contributed by atoms with van der Waals surface area (Å²) in [5.74, 6) is 1.84. The first-order valence-corrected chi connectivity index (χ1v) is 8.20. The van der Waals surface area contributed by atoms with Gasteiger partial charge in [0.2, 0.25) is 0 Å². The number of hydrogen-bond acceptors (Lipinski definition) is 3. The molecule has 0 saturated heterocycles. The summed E-state index contributed by atoms with van der Waals surface area (Å²) in [7, 11) is 0. The molecule has 0 atom stereocenters. The Hall–Kier alpha value is -1.33. The van der Waals surface area contributed by atoms with Gasteiger partial charge >= 0.3 is 0 Å². The molecule has 0 aliphatic heterocycles. The maximum absolute atomic E-state index is 5.88. The molecule has 5 heteroatoms. The van der Waals surface area contributed by atoms with Crippen LogP contribution in [0, 0.1) is 0 Å². The van der Waals surface area contributed by atoms with Gasteiger partial charge in [0.1, 0.15) is 18.2 Å². The van der Waals surface area contributed by atoms with E-state index in [9.17, 15) is 0 Å². The van der Waals surface area contributed by atoms with E-state index in [0.717, 1.165) is 29.1 Å². The number of ether oxygens (including phenoxy) is 1. The zero-order valence-electron chi connectivity index (χ0n) is 12.2. The first-order chi connectivity index (χ1) is 10.3. The normalized spacial score (nSPS) is 14.4. The Kier molecular flexibility index (Phi) is 4.60. The minimum Gasteiger partial charge on any atom is -0.486 e. The Bertz CT molecular complexity index is 607. The monoisotopic (exact) mass is 349 g/mol. The van der Waals surface area contributed by atoms with Gasteiger partial charge in [0.25, 0.3) is 0 Å². The molecule has 1 saturated carbocycles. The summed E-state index contributed by atoms with van der Waals surface area (Å²) < 4.78 is 9.09. The van der Waals surface area contributed by atoms with E-state index in [2.05, 4.69) is 43.8 Å². The number of rotatable bonds is 7. The highest BCUT2D eigenvalue weighted by molar-refractivity contribution is 9.10. The second-order valence-electron chi connectivity index (χ2n) is 5.33. The molecule has 1 N–H and O–H groups in total. The van der Waals surface area contributed by atoms with Crippen molar-refractivity contribution in [2.45, 2.75) is 45.5 Å². The summed E-state index contributed by atoms with van der Waals surface area (Å²) in [5, 5.41) is 3.53. The van der Waals surface area contributed by atoms with Gasteiger partial charge in [-0.3, -0.25) is 0 Å². The fourth-order valence-electron chi connectivity index (χ4n) is 2.23. The van der Waals surface area contributed by atoms with Crippen LogP contribution in [0.5, 0.6) is 5.75 Å². The fourth-order valence-corrected chi connectivity index (χ4v) is 2.62. The minimum absolute atomic E-state index is 0.498. The van der Waals surface area contributed by atoms with E-state index in [1.165, 1.54) is 18.4 Å². The summed E-state index contributed by atoms with van der Waals surface area (Å²) in [4.78, 5) is 4.33. The van der Waals surface area contributed by atoms with Crippen LogP contribution < -0.4 is 10.1 Å². The lowest BCUT2D eigenvalue weighted by Crippen LogP contribution is -2.15. The second kappa shape index (κ2) is 6.62. The average Bonchev–Trinajstić information content (AvgIpc) is 3.21. The van der Waals surface area contributed by atoms with Crippen molar-refractivity contribution in [3.63, 3.8) is 0 Å². The van der Waals surface area contributed by atoms with Crippen LogP contribution in [-0.4, -0.2) is 15.6 Å². The van der Waals surface area contributed by atoms with E-state index in [4.69, 9.17) is 4.74 Å². The number of imidazole rings is 1. The van der Waals surface area contributed by atoms with Crippen LogP contribution in [0.1, 0.15) is 31.2 Å². The smallest absolute Gasteiger partial charge is 0.146 e. The molecule has 0 radical (unpaired) electrons. The molecule has 21 heavy (non-hydrogen) atoms. The highest BCUT2D eigenvalue weighted by Gasteiger charge is 2.20. The zero-order chi connectivity index (χ0) is 14.7. The van der Waals surface area contributed by atoms with Gasteiger partial charge in [0, 0.05) is 36.0 Å². The van der Waals surface area contributed by atoms with Crippen molar-refractivity contribution in [1.29, 1.82) is 0 Å². The van der Waals surface area contributed by atoms with Gasteiger partial charge in [0.05, 0.1) is 0 Å². The number of nitrogens with one attached hydrogen (secondary N) is 1. The van der Waals surface area contributed by atoms with Gasteiger partial charge in [-0.25, -0.2) is 4.98 Å². The van der Waals surface area contributed by atoms with Gasteiger partial charge < -0.3 is 14.6 Å². The molecule has 112 valence electrons. The fraction of sp³-hybridized carbons (Fsp3) is 0.438. The largest absolute Gasteiger partial charge is 0.486 e. The molecule has 1 aromatic heterocycles. The van der Waals surface area contributed by atoms with Crippen molar-refractivity contribution in [1.82, 2.24) is 14.9 Å². The third kappa shape index (κ3) is 3.86. The molecule has 3 rings (SSSR count). The van der Waals surface area contributed by atoms with Gasteiger partial charge in [-0.15, -0.1) is 0 Å². The summed E-state index contributed by atoms with van der Waals surface area (Å²) >= 11 is 3.60. The van der Waals surface area contributed by atoms with Crippen molar-refractivity contribution in [2.75, 3.05) is 0 Å².